The van der Waals surface area contributed by atoms with Crippen LogP contribution >= 0.6 is 0 Å². The lowest BCUT2D eigenvalue weighted by Gasteiger charge is -2.29. The van der Waals surface area contributed by atoms with Crippen LogP contribution in [0, 0.1) is 5.92 Å². The molecule has 1 amide bonds. The van der Waals surface area contributed by atoms with Crippen molar-refractivity contribution < 1.29 is 9.90 Å². The third-order valence-electron chi connectivity index (χ3n) is 4.46. The molecule has 0 heterocycles. The number of nitrogens with two attached hydrogens (primary N) is 1. The van der Waals surface area contributed by atoms with Crippen LogP contribution in [0.15, 0.2) is 24.3 Å². The van der Waals surface area contributed by atoms with Crippen molar-refractivity contribution in [1.29, 1.82) is 0 Å². The van der Waals surface area contributed by atoms with Gasteiger partial charge in [0.05, 0.1) is 6.04 Å². The van der Waals surface area contributed by atoms with Gasteiger partial charge in [0, 0.05) is 6.04 Å². The Balaban J connectivity index is 1.82. The number of nitrogens with one attached hydrogen (secondary N) is 1. The second-order valence-corrected chi connectivity index (χ2v) is 6.17. The fraction of sp³-hybridized carbons (Fsp3) is 0.588. The van der Waals surface area contributed by atoms with Crippen molar-refractivity contribution in [3.63, 3.8) is 0 Å². The minimum atomic E-state index is -0.541. The fourth-order valence-corrected chi connectivity index (χ4v) is 3.06. The zero-order valence-electron chi connectivity index (χ0n) is 12.7. The molecule has 2 atom stereocenters. The molecule has 2 unspecified atom stereocenters. The van der Waals surface area contributed by atoms with E-state index in [4.69, 9.17) is 5.73 Å². The van der Waals surface area contributed by atoms with Gasteiger partial charge in [0.25, 0.3) is 0 Å². The van der Waals surface area contributed by atoms with Gasteiger partial charge in [0.2, 0.25) is 5.91 Å². The summed E-state index contributed by atoms with van der Waals surface area (Å²) in [5.74, 6) is 0.729. The molecule has 2 rings (SSSR count). The van der Waals surface area contributed by atoms with Crippen LogP contribution in [-0.4, -0.2) is 23.1 Å². The van der Waals surface area contributed by atoms with Gasteiger partial charge in [-0.2, -0.15) is 0 Å². The Morgan fingerprint density at radius 3 is 2.52 bits per heavy atom. The van der Waals surface area contributed by atoms with E-state index in [2.05, 4.69) is 12.2 Å². The Labute approximate surface area is 126 Å². The van der Waals surface area contributed by atoms with Gasteiger partial charge in [-0.15, -0.1) is 0 Å². The molecule has 1 aromatic carbocycles. The predicted molar refractivity (Wildman–Crippen MR) is 84.0 cm³/mol. The second kappa shape index (κ2) is 7.46. The lowest BCUT2D eigenvalue weighted by atomic mass is 9.84. The highest BCUT2D eigenvalue weighted by Crippen LogP contribution is 2.26. The number of phenolic OH excluding ortho intramolecular Hbond substituents is 1. The standard InChI is InChI=1S/C17H26N2O2/c1-12(14-5-3-2-4-6-14)19-17(21)16(18)11-13-7-9-15(20)10-8-13/h7-10,12,14,16,20H,2-6,11,18H2,1H3,(H,19,21). The van der Waals surface area contributed by atoms with Gasteiger partial charge >= 0.3 is 0 Å². The van der Waals surface area contributed by atoms with Crippen LogP contribution in [0.3, 0.4) is 0 Å². The molecule has 4 N–H and O–H groups in total. The number of carbonyl (C=O) groups is 1. The smallest absolute Gasteiger partial charge is 0.237 e. The molecule has 0 bridgehead atoms. The minimum absolute atomic E-state index is 0.0823. The van der Waals surface area contributed by atoms with E-state index in [0.717, 1.165) is 5.56 Å². The number of amides is 1. The average Bonchev–Trinajstić information content (AvgIpc) is 2.50. The molecule has 1 aromatic rings. The van der Waals surface area contributed by atoms with E-state index >= 15 is 0 Å². The number of hydrogen-bond donors (Lipinski definition) is 3. The van der Waals surface area contributed by atoms with E-state index < -0.39 is 6.04 Å². The lowest BCUT2D eigenvalue weighted by Crippen LogP contribution is -2.48. The quantitative estimate of drug-likeness (QED) is 0.779. The molecule has 1 aliphatic carbocycles. The van der Waals surface area contributed by atoms with Gasteiger partial charge in [0.1, 0.15) is 5.75 Å². The van der Waals surface area contributed by atoms with Crippen LogP contribution in [0.1, 0.15) is 44.6 Å². The molecule has 1 fully saturated rings. The van der Waals surface area contributed by atoms with Crippen molar-refractivity contribution in [1.82, 2.24) is 5.32 Å². The molecule has 116 valence electrons. The zero-order chi connectivity index (χ0) is 15.2. The number of aromatic hydroxyl groups is 1. The molecule has 1 aliphatic rings. The van der Waals surface area contributed by atoms with Crippen molar-refractivity contribution in [3.05, 3.63) is 29.8 Å². The van der Waals surface area contributed by atoms with E-state index in [1.807, 2.05) is 0 Å². The third-order valence-corrected chi connectivity index (χ3v) is 4.46. The topological polar surface area (TPSA) is 75.4 Å². The van der Waals surface area contributed by atoms with Crippen LogP contribution in [0.4, 0.5) is 0 Å². The highest BCUT2D eigenvalue weighted by Gasteiger charge is 2.23. The summed E-state index contributed by atoms with van der Waals surface area (Å²) in [5.41, 5.74) is 6.95. The van der Waals surface area contributed by atoms with E-state index in [-0.39, 0.29) is 17.7 Å². The highest BCUT2D eigenvalue weighted by molar-refractivity contribution is 5.82. The number of benzene rings is 1. The SMILES string of the molecule is CC(NC(=O)C(N)Cc1ccc(O)cc1)C1CCCCC1. The minimum Gasteiger partial charge on any atom is -0.508 e. The maximum Gasteiger partial charge on any atom is 0.237 e. The Bertz CT molecular complexity index is 452. The Kier molecular flexibility index (Phi) is 5.62. The Morgan fingerprint density at radius 2 is 1.90 bits per heavy atom. The molecular formula is C17H26N2O2. The van der Waals surface area contributed by atoms with Gasteiger partial charge in [-0.3, -0.25) is 4.79 Å². The maximum absolute atomic E-state index is 12.2. The molecular weight excluding hydrogens is 264 g/mol. The molecule has 4 heteroatoms. The van der Waals surface area contributed by atoms with Crippen molar-refractivity contribution in [2.24, 2.45) is 11.7 Å². The summed E-state index contributed by atoms with van der Waals surface area (Å²) in [6.45, 7) is 2.08. The maximum atomic E-state index is 12.2. The molecule has 1 saturated carbocycles. The first-order chi connectivity index (χ1) is 10.1. The van der Waals surface area contributed by atoms with Gasteiger partial charge in [-0.1, -0.05) is 31.4 Å². The number of carbonyl (C=O) groups excluding carboxylic acids is 1. The van der Waals surface area contributed by atoms with Crippen LogP contribution < -0.4 is 11.1 Å². The van der Waals surface area contributed by atoms with E-state index in [1.54, 1.807) is 24.3 Å². The van der Waals surface area contributed by atoms with E-state index in [1.165, 1.54) is 32.1 Å². The summed E-state index contributed by atoms with van der Waals surface area (Å²) in [7, 11) is 0. The number of rotatable bonds is 5. The predicted octanol–water partition coefficient (Wildman–Crippen LogP) is 2.35. The van der Waals surface area contributed by atoms with Gasteiger partial charge in [0.15, 0.2) is 0 Å². The first kappa shape index (κ1) is 15.8. The summed E-state index contributed by atoms with van der Waals surface area (Å²) in [4.78, 5) is 12.2. The molecule has 0 radical (unpaired) electrons. The molecule has 0 spiro atoms. The first-order valence-electron chi connectivity index (χ1n) is 7.90. The molecule has 0 aromatic heterocycles. The summed E-state index contributed by atoms with van der Waals surface area (Å²) in [6, 6.07) is 6.49. The summed E-state index contributed by atoms with van der Waals surface area (Å²) < 4.78 is 0. The van der Waals surface area contributed by atoms with E-state index in [0.29, 0.717) is 12.3 Å². The zero-order valence-corrected chi connectivity index (χ0v) is 12.7. The molecule has 0 saturated heterocycles. The summed E-state index contributed by atoms with van der Waals surface area (Å²) in [6.07, 6.45) is 6.75. The summed E-state index contributed by atoms with van der Waals surface area (Å²) >= 11 is 0. The van der Waals surface area contributed by atoms with Gasteiger partial charge in [-0.05, 0) is 49.8 Å². The largest absolute Gasteiger partial charge is 0.508 e. The van der Waals surface area contributed by atoms with Gasteiger partial charge < -0.3 is 16.2 Å². The highest BCUT2D eigenvalue weighted by atomic mass is 16.3. The average molecular weight is 290 g/mol. The number of hydrogen-bond acceptors (Lipinski definition) is 3. The van der Waals surface area contributed by atoms with Crippen molar-refractivity contribution in [2.45, 2.75) is 57.5 Å². The first-order valence-corrected chi connectivity index (χ1v) is 7.90. The van der Waals surface area contributed by atoms with Crippen molar-refractivity contribution >= 4 is 5.91 Å². The van der Waals surface area contributed by atoms with Crippen LogP contribution in [0.25, 0.3) is 0 Å². The van der Waals surface area contributed by atoms with Crippen molar-refractivity contribution in [3.8, 4) is 5.75 Å². The Morgan fingerprint density at radius 1 is 1.29 bits per heavy atom. The van der Waals surface area contributed by atoms with Gasteiger partial charge in [-0.25, -0.2) is 0 Å². The molecule has 0 aliphatic heterocycles. The fourth-order valence-electron chi connectivity index (χ4n) is 3.06. The Hall–Kier alpha value is -1.55. The monoisotopic (exact) mass is 290 g/mol. The number of phenols is 1. The van der Waals surface area contributed by atoms with Crippen LogP contribution in [-0.2, 0) is 11.2 Å². The third kappa shape index (κ3) is 4.74. The van der Waals surface area contributed by atoms with Crippen LogP contribution in [0.5, 0.6) is 5.75 Å². The second-order valence-electron chi connectivity index (χ2n) is 6.17. The van der Waals surface area contributed by atoms with E-state index in [9.17, 15) is 9.90 Å². The summed E-state index contributed by atoms with van der Waals surface area (Å²) in [5, 5.41) is 12.3. The lowest BCUT2D eigenvalue weighted by molar-refractivity contribution is -0.123. The molecule has 4 nitrogen and oxygen atoms in total. The normalized spacial score (nSPS) is 19.0. The molecule has 21 heavy (non-hydrogen) atoms. The van der Waals surface area contributed by atoms with Crippen molar-refractivity contribution in [2.75, 3.05) is 0 Å². The van der Waals surface area contributed by atoms with Crippen LogP contribution in [0.2, 0.25) is 0 Å².